The monoisotopic (exact) mass is 282 g/mol. The molecule has 0 radical (unpaired) electrons. The van der Waals surface area contributed by atoms with Crippen LogP contribution in [0.25, 0.3) is 0 Å². The van der Waals surface area contributed by atoms with Gasteiger partial charge in [-0.25, -0.2) is 0 Å². The highest BCUT2D eigenvalue weighted by Crippen LogP contribution is 2.19. The van der Waals surface area contributed by atoms with Crippen LogP contribution in [0.3, 0.4) is 0 Å². The Kier molecular flexibility index (Phi) is 4.55. The third-order valence-electron chi connectivity index (χ3n) is 3.34. The van der Waals surface area contributed by atoms with Crippen molar-refractivity contribution in [3.8, 4) is 0 Å². The molecule has 19 heavy (non-hydrogen) atoms. The lowest BCUT2D eigenvalue weighted by atomic mass is 10.2. The second kappa shape index (κ2) is 6.16. The average molecular weight is 282 g/mol. The maximum Gasteiger partial charge on any atom is 0.320 e. The second-order valence-electron chi connectivity index (χ2n) is 4.77. The zero-order valence-electron chi connectivity index (χ0n) is 10.8. The number of aliphatic carboxylic acids is 1. The number of thiophene rings is 1. The fourth-order valence-electron chi connectivity index (χ4n) is 2.38. The Morgan fingerprint density at radius 1 is 1.63 bits per heavy atom. The molecule has 2 rings (SSSR count). The van der Waals surface area contributed by atoms with Gasteiger partial charge in [-0.05, 0) is 37.8 Å². The summed E-state index contributed by atoms with van der Waals surface area (Å²) in [4.78, 5) is 25.8. The van der Waals surface area contributed by atoms with Crippen LogP contribution in [0.15, 0.2) is 17.5 Å². The lowest BCUT2D eigenvalue weighted by Crippen LogP contribution is -2.43. The van der Waals surface area contributed by atoms with Gasteiger partial charge < -0.3 is 10.4 Å². The Hall–Kier alpha value is -1.40. The quantitative estimate of drug-likeness (QED) is 0.858. The highest BCUT2D eigenvalue weighted by atomic mass is 32.1. The Bertz CT molecular complexity index is 447. The molecule has 2 N–H and O–H groups in total. The van der Waals surface area contributed by atoms with Crippen molar-refractivity contribution in [2.45, 2.75) is 31.8 Å². The predicted molar refractivity (Wildman–Crippen MR) is 73.1 cm³/mol. The molecule has 1 aliphatic heterocycles. The molecule has 0 saturated carbocycles. The summed E-state index contributed by atoms with van der Waals surface area (Å²) in [5.74, 6) is -0.953. The zero-order valence-corrected chi connectivity index (χ0v) is 11.7. The Balaban J connectivity index is 1.86. The molecule has 6 heteroatoms. The molecule has 1 fully saturated rings. The standard InChI is InChI=1S/C13H18N2O3S/c1-9(11-5-3-7-19-11)14-12(16)8-15-6-2-4-10(15)13(17)18/h3,5,7,9-10H,2,4,6,8H2,1H3,(H,14,16)(H,17,18)/t9?,10-/m0/s1. The van der Waals surface area contributed by atoms with E-state index in [9.17, 15) is 9.59 Å². The third-order valence-corrected chi connectivity index (χ3v) is 4.40. The largest absolute Gasteiger partial charge is 0.480 e. The van der Waals surface area contributed by atoms with Gasteiger partial charge in [0.2, 0.25) is 5.91 Å². The summed E-state index contributed by atoms with van der Waals surface area (Å²) in [6.07, 6.45) is 1.47. The molecule has 1 aromatic heterocycles. The van der Waals surface area contributed by atoms with Gasteiger partial charge in [0.1, 0.15) is 6.04 Å². The molecular weight excluding hydrogens is 264 g/mol. The van der Waals surface area contributed by atoms with Crippen molar-refractivity contribution >= 4 is 23.2 Å². The molecule has 0 aliphatic carbocycles. The number of amides is 1. The van der Waals surface area contributed by atoms with Crippen molar-refractivity contribution in [2.24, 2.45) is 0 Å². The normalized spacial score (nSPS) is 21.2. The lowest BCUT2D eigenvalue weighted by Gasteiger charge is -2.21. The Labute approximate surface area is 116 Å². The fourth-order valence-corrected chi connectivity index (χ4v) is 3.11. The molecule has 2 heterocycles. The fraction of sp³-hybridized carbons (Fsp3) is 0.538. The molecule has 0 aromatic carbocycles. The summed E-state index contributed by atoms with van der Waals surface area (Å²) in [5, 5.41) is 13.9. The van der Waals surface area contributed by atoms with Gasteiger partial charge in [0, 0.05) is 4.88 Å². The number of nitrogens with zero attached hydrogens (tertiary/aromatic N) is 1. The van der Waals surface area contributed by atoms with Crippen molar-refractivity contribution in [1.82, 2.24) is 10.2 Å². The number of likely N-dealkylation sites (tertiary alicyclic amines) is 1. The van der Waals surface area contributed by atoms with Crippen molar-refractivity contribution < 1.29 is 14.7 Å². The predicted octanol–water partition coefficient (Wildman–Crippen LogP) is 1.47. The van der Waals surface area contributed by atoms with Gasteiger partial charge in [-0.15, -0.1) is 11.3 Å². The maximum absolute atomic E-state index is 11.9. The van der Waals surface area contributed by atoms with Crippen molar-refractivity contribution in [1.29, 1.82) is 0 Å². The summed E-state index contributed by atoms with van der Waals surface area (Å²) < 4.78 is 0. The number of carboxylic acid groups (broad SMARTS) is 1. The summed E-state index contributed by atoms with van der Waals surface area (Å²) in [7, 11) is 0. The van der Waals surface area contributed by atoms with Gasteiger partial charge >= 0.3 is 5.97 Å². The minimum atomic E-state index is -0.836. The summed E-state index contributed by atoms with van der Waals surface area (Å²) in [6, 6.07) is 3.39. The number of nitrogens with one attached hydrogen (secondary N) is 1. The number of carbonyl (C=O) groups is 2. The average Bonchev–Trinajstić information content (AvgIpc) is 2.98. The van der Waals surface area contributed by atoms with E-state index < -0.39 is 12.0 Å². The molecule has 1 amide bonds. The van der Waals surface area contributed by atoms with E-state index >= 15 is 0 Å². The van der Waals surface area contributed by atoms with Gasteiger partial charge in [-0.1, -0.05) is 6.07 Å². The highest BCUT2D eigenvalue weighted by Gasteiger charge is 2.31. The van der Waals surface area contributed by atoms with Gasteiger partial charge in [0.05, 0.1) is 12.6 Å². The molecule has 0 bridgehead atoms. The highest BCUT2D eigenvalue weighted by molar-refractivity contribution is 7.10. The number of carbonyl (C=O) groups excluding carboxylic acids is 1. The zero-order chi connectivity index (χ0) is 13.8. The first-order valence-electron chi connectivity index (χ1n) is 6.37. The molecule has 1 aromatic rings. The summed E-state index contributed by atoms with van der Waals surface area (Å²) >= 11 is 1.60. The van der Waals surface area contributed by atoms with Crippen LogP contribution < -0.4 is 5.32 Å². The van der Waals surface area contributed by atoms with Gasteiger partial charge in [-0.3, -0.25) is 14.5 Å². The first kappa shape index (κ1) is 14.0. The Morgan fingerprint density at radius 2 is 2.42 bits per heavy atom. The van der Waals surface area contributed by atoms with E-state index in [0.717, 1.165) is 11.3 Å². The van der Waals surface area contributed by atoms with E-state index in [1.165, 1.54) is 0 Å². The van der Waals surface area contributed by atoms with E-state index in [4.69, 9.17) is 5.11 Å². The molecule has 0 spiro atoms. The molecule has 1 aliphatic rings. The van der Waals surface area contributed by atoms with Crippen LogP contribution in [0, 0.1) is 0 Å². The van der Waals surface area contributed by atoms with Crippen molar-refractivity contribution in [3.05, 3.63) is 22.4 Å². The molecular formula is C13H18N2O3S. The van der Waals surface area contributed by atoms with Gasteiger partial charge in [0.25, 0.3) is 0 Å². The van der Waals surface area contributed by atoms with Crippen LogP contribution in [0.1, 0.15) is 30.7 Å². The molecule has 1 unspecified atom stereocenters. The number of hydrogen-bond acceptors (Lipinski definition) is 4. The molecule has 1 saturated heterocycles. The van der Waals surface area contributed by atoms with Crippen LogP contribution in [-0.4, -0.2) is 41.0 Å². The Morgan fingerprint density at radius 3 is 3.05 bits per heavy atom. The third kappa shape index (κ3) is 3.54. The minimum Gasteiger partial charge on any atom is -0.480 e. The number of rotatable bonds is 5. The van der Waals surface area contributed by atoms with E-state index in [0.29, 0.717) is 13.0 Å². The smallest absolute Gasteiger partial charge is 0.320 e. The van der Waals surface area contributed by atoms with E-state index in [2.05, 4.69) is 5.32 Å². The molecule has 5 nitrogen and oxygen atoms in total. The van der Waals surface area contributed by atoms with Crippen molar-refractivity contribution in [3.63, 3.8) is 0 Å². The first-order chi connectivity index (χ1) is 9.08. The SMILES string of the molecule is CC(NC(=O)CN1CCC[C@H]1C(=O)O)c1cccs1. The number of hydrogen-bond donors (Lipinski definition) is 2. The lowest BCUT2D eigenvalue weighted by molar-refractivity contribution is -0.142. The van der Waals surface area contributed by atoms with E-state index in [1.807, 2.05) is 24.4 Å². The van der Waals surface area contributed by atoms with Crippen LogP contribution in [0.5, 0.6) is 0 Å². The van der Waals surface area contributed by atoms with Crippen LogP contribution >= 0.6 is 11.3 Å². The van der Waals surface area contributed by atoms with E-state index in [1.54, 1.807) is 16.2 Å². The second-order valence-corrected chi connectivity index (χ2v) is 5.75. The summed E-state index contributed by atoms with van der Waals surface area (Å²) in [5.41, 5.74) is 0. The maximum atomic E-state index is 11.9. The van der Waals surface area contributed by atoms with Crippen LogP contribution in [-0.2, 0) is 9.59 Å². The topological polar surface area (TPSA) is 69.6 Å². The molecule has 2 atom stereocenters. The van der Waals surface area contributed by atoms with Gasteiger partial charge in [0.15, 0.2) is 0 Å². The summed E-state index contributed by atoms with van der Waals surface area (Å²) in [6.45, 7) is 2.77. The molecule has 104 valence electrons. The van der Waals surface area contributed by atoms with E-state index in [-0.39, 0.29) is 18.5 Å². The van der Waals surface area contributed by atoms with Crippen molar-refractivity contribution in [2.75, 3.05) is 13.1 Å². The van der Waals surface area contributed by atoms with Crippen LogP contribution in [0.4, 0.5) is 0 Å². The van der Waals surface area contributed by atoms with Crippen LogP contribution in [0.2, 0.25) is 0 Å². The first-order valence-corrected chi connectivity index (χ1v) is 7.25. The minimum absolute atomic E-state index is 0.0293. The number of carboxylic acids is 1. The van der Waals surface area contributed by atoms with Gasteiger partial charge in [-0.2, -0.15) is 0 Å².